The van der Waals surface area contributed by atoms with Crippen molar-refractivity contribution in [2.45, 2.75) is 72.3 Å². The van der Waals surface area contributed by atoms with E-state index in [2.05, 4.69) is 9.72 Å². The predicted molar refractivity (Wildman–Crippen MR) is 138 cm³/mol. The fraction of sp³-hybridized carbons (Fsp3) is 0.393. The number of halogens is 3. The molecule has 0 aliphatic heterocycles. The molecule has 11 heteroatoms. The largest absolute Gasteiger partial charge is 0.573 e. The van der Waals surface area contributed by atoms with Gasteiger partial charge in [0.05, 0.1) is 18.7 Å². The third-order valence-corrected chi connectivity index (χ3v) is 5.20. The number of pyridine rings is 1. The van der Waals surface area contributed by atoms with Crippen molar-refractivity contribution < 1.29 is 42.1 Å². The Morgan fingerprint density at radius 2 is 1.49 bits per heavy atom. The molecule has 1 aromatic heterocycles. The Kier molecular flexibility index (Phi) is 8.44. The molecule has 0 radical (unpaired) electrons. The third kappa shape index (κ3) is 8.06. The van der Waals surface area contributed by atoms with Crippen LogP contribution in [0, 0.1) is 0 Å². The van der Waals surface area contributed by atoms with Crippen molar-refractivity contribution >= 4 is 23.1 Å². The quantitative estimate of drug-likeness (QED) is 0.368. The lowest BCUT2D eigenvalue weighted by Crippen LogP contribution is -2.43. The van der Waals surface area contributed by atoms with Crippen LogP contribution in [0.2, 0.25) is 0 Å². The van der Waals surface area contributed by atoms with Crippen LogP contribution in [0.3, 0.4) is 0 Å². The van der Waals surface area contributed by atoms with E-state index in [9.17, 15) is 27.9 Å². The number of imide groups is 1. The molecule has 1 N–H and O–H groups in total. The number of aliphatic hydroxyl groups is 1. The number of amides is 2. The minimum atomic E-state index is -4.83. The van der Waals surface area contributed by atoms with Crippen molar-refractivity contribution in [3.8, 4) is 16.9 Å². The topological polar surface area (TPSA) is 98.2 Å². The lowest BCUT2D eigenvalue weighted by Gasteiger charge is -2.29. The zero-order valence-corrected chi connectivity index (χ0v) is 22.5. The summed E-state index contributed by atoms with van der Waals surface area (Å²) in [6, 6.07) is 10.3. The van der Waals surface area contributed by atoms with Crippen LogP contribution in [0.1, 0.15) is 52.7 Å². The van der Waals surface area contributed by atoms with Gasteiger partial charge in [0, 0.05) is 17.1 Å². The van der Waals surface area contributed by atoms with Crippen LogP contribution in [0.4, 0.5) is 22.8 Å². The molecule has 0 atom stereocenters. The maximum atomic E-state index is 13.1. The van der Waals surface area contributed by atoms with E-state index in [-0.39, 0.29) is 12.3 Å². The van der Waals surface area contributed by atoms with E-state index in [4.69, 9.17) is 9.47 Å². The molecular formula is C28H31F3N2O6. The van der Waals surface area contributed by atoms with Gasteiger partial charge in [-0.3, -0.25) is 4.98 Å². The van der Waals surface area contributed by atoms with Crippen LogP contribution in [0.25, 0.3) is 22.0 Å². The fourth-order valence-electron chi connectivity index (χ4n) is 3.75. The molecular weight excluding hydrogens is 517 g/mol. The lowest BCUT2D eigenvalue weighted by molar-refractivity contribution is -0.274. The molecule has 0 spiro atoms. The van der Waals surface area contributed by atoms with Crippen LogP contribution in [0.5, 0.6) is 5.75 Å². The van der Waals surface area contributed by atoms with Gasteiger partial charge in [0.1, 0.15) is 17.0 Å². The molecule has 0 aliphatic rings. The molecule has 210 valence electrons. The Labute approximate surface area is 224 Å². The highest BCUT2D eigenvalue weighted by molar-refractivity contribution is 5.97. The summed E-state index contributed by atoms with van der Waals surface area (Å²) in [6.07, 6.45) is -5.20. The highest BCUT2D eigenvalue weighted by Crippen LogP contribution is 2.35. The first kappa shape index (κ1) is 29.7. The van der Waals surface area contributed by atoms with E-state index in [0.717, 1.165) is 4.90 Å². The van der Waals surface area contributed by atoms with Crippen LogP contribution >= 0.6 is 0 Å². The molecule has 0 unspecified atom stereocenters. The second-order valence-corrected chi connectivity index (χ2v) is 10.7. The predicted octanol–water partition coefficient (Wildman–Crippen LogP) is 6.96. The van der Waals surface area contributed by atoms with Gasteiger partial charge in [-0.05, 0) is 82.5 Å². The number of benzene rings is 2. The summed E-state index contributed by atoms with van der Waals surface area (Å²) in [5, 5.41) is 10.9. The van der Waals surface area contributed by atoms with E-state index in [0.29, 0.717) is 33.2 Å². The number of hydrogen-bond donors (Lipinski definition) is 1. The van der Waals surface area contributed by atoms with Crippen LogP contribution in [-0.4, -0.2) is 44.7 Å². The molecule has 0 saturated carbocycles. The second kappa shape index (κ2) is 11.1. The van der Waals surface area contributed by atoms with E-state index < -0.39 is 36.4 Å². The van der Waals surface area contributed by atoms with Crippen molar-refractivity contribution in [1.29, 1.82) is 0 Å². The monoisotopic (exact) mass is 548 g/mol. The van der Waals surface area contributed by atoms with E-state index in [1.54, 1.807) is 59.7 Å². The number of alkyl halides is 3. The minimum absolute atomic E-state index is 0.325. The average molecular weight is 549 g/mol. The summed E-state index contributed by atoms with van der Waals surface area (Å²) >= 11 is 0. The van der Waals surface area contributed by atoms with Crippen molar-refractivity contribution in [2.75, 3.05) is 0 Å². The molecule has 2 amide bonds. The number of carbonyl (C=O) groups excluding carboxylic acids is 2. The Hall–Kier alpha value is -3.86. The van der Waals surface area contributed by atoms with Gasteiger partial charge < -0.3 is 19.3 Å². The van der Waals surface area contributed by atoms with Gasteiger partial charge in [-0.15, -0.1) is 13.2 Å². The minimum Gasteiger partial charge on any atom is -0.443 e. The summed E-state index contributed by atoms with van der Waals surface area (Å²) in [7, 11) is 0. The fourth-order valence-corrected chi connectivity index (χ4v) is 3.75. The molecule has 39 heavy (non-hydrogen) atoms. The summed E-state index contributed by atoms with van der Waals surface area (Å²) in [5.41, 5.74) is 0.388. The van der Waals surface area contributed by atoms with Crippen molar-refractivity contribution in [3.05, 3.63) is 59.8 Å². The molecule has 0 fully saturated rings. The first-order valence-corrected chi connectivity index (χ1v) is 12.1. The molecule has 8 nitrogen and oxygen atoms in total. The number of aliphatic hydroxyl groups excluding tert-OH is 1. The van der Waals surface area contributed by atoms with Crippen LogP contribution in [-0.2, 0) is 22.6 Å². The number of carbonyl (C=O) groups is 2. The van der Waals surface area contributed by atoms with Gasteiger partial charge >= 0.3 is 18.5 Å². The van der Waals surface area contributed by atoms with Crippen molar-refractivity contribution in [1.82, 2.24) is 9.88 Å². The lowest BCUT2D eigenvalue weighted by atomic mass is 9.93. The summed E-state index contributed by atoms with van der Waals surface area (Å²) < 4.78 is 52.7. The Balaban J connectivity index is 2.14. The van der Waals surface area contributed by atoms with E-state index >= 15 is 0 Å². The van der Waals surface area contributed by atoms with Crippen LogP contribution in [0.15, 0.2) is 48.7 Å². The van der Waals surface area contributed by atoms with Crippen LogP contribution < -0.4 is 4.74 Å². The van der Waals surface area contributed by atoms with Gasteiger partial charge in [-0.2, -0.15) is 0 Å². The molecule has 3 aromatic rings. The van der Waals surface area contributed by atoms with Gasteiger partial charge in [0.15, 0.2) is 0 Å². The van der Waals surface area contributed by atoms with Gasteiger partial charge in [-0.1, -0.05) is 18.2 Å². The Morgan fingerprint density at radius 3 is 1.97 bits per heavy atom. The Bertz CT molecular complexity index is 1310. The normalized spacial score (nSPS) is 12.3. The van der Waals surface area contributed by atoms with Crippen molar-refractivity contribution in [3.63, 3.8) is 0 Å². The summed E-state index contributed by atoms with van der Waals surface area (Å²) in [6.45, 7) is 9.14. The van der Waals surface area contributed by atoms with Gasteiger partial charge in [-0.25, -0.2) is 14.5 Å². The third-order valence-electron chi connectivity index (χ3n) is 5.20. The molecule has 0 bridgehead atoms. The number of hydrogen-bond acceptors (Lipinski definition) is 7. The first-order valence-electron chi connectivity index (χ1n) is 12.1. The molecule has 0 saturated heterocycles. The summed E-state index contributed by atoms with van der Waals surface area (Å²) in [5.74, 6) is -0.387. The van der Waals surface area contributed by atoms with Gasteiger partial charge in [0.2, 0.25) is 0 Å². The molecule has 3 rings (SSSR count). The van der Waals surface area contributed by atoms with Crippen molar-refractivity contribution in [2.24, 2.45) is 0 Å². The standard InChI is InChI=1S/C28H31F3N2O6/c1-26(2,3)38-24(35)33(25(36)39-27(4,5)6)15-18-14-21(20-8-7-13-32-23(20)22(18)16-34)17-9-11-19(12-10-17)37-28(29,30)31/h7-14,34H,15-16H2,1-6H3. The molecule has 0 aliphatic carbocycles. The Morgan fingerprint density at radius 1 is 0.923 bits per heavy atom. The highest BCUT2D eigenvalue weighted by Gasteiger charge is 2.33. The van der Waals surface area contributed by atoms with Gasteiger partial charge in [0.25, 0.3) is 0 Å². The average Bonchev–Trinajstić information content (AvgIpc) is 2.79. The zero-order valence-electron chi connectivity index (χ0n) is 22.5. The number of nitrogens with zero attached hydrogens (tertiary/aromatic N) is 2. The first-order chi connectivity index (χ1) is 18.0. The zero-order chi connectivity index (χ0) is 29.2. The summed E-state index contributed by atoms with van der Waals surface area (Å²) in [4.78, 5) is 31.4. The maximum Gasteiger partial charge on any atom is 0.573 e. The SMILES string of the molecule is CC(C)(C)OC(=O)N(Cc1cc(-c2ccc(OC(F)(F)F)cc2)c2cccnc2c1CO)C(=O)OC(C)(C)C. The molecule has 2 aromatic carbocycles. The van der Waals surface area contributed by atoms with E-state index in [1.165, 1.54) is 30.5 Å². The molecule has 1 heterocycles. The maximum absolute atomic E-state index is 13.1. The number of fused-ring (bicyclic) bond motifs is 1. The smallest absolute Gasteiger partial charge is 0.443 e. The van der Waals surface area contributed by atoms with E-state index in [1.807, 2.05) is 0 Å². The second-order valence-electron chi connectivity index (χ2n) is 10.7. The number of ether oxygens (including phenoxy) is 3. The number of aromatic nitrogens is 1. The number of rotatable bonds is 5. The highest BCUT2D eigenvalue weighted by atomic mass is 19.4.